The fourth-order valence-electron chi connectivity index (χ4n) is 1.61. The lowest BCUT2D eigenvalue weighted by Crippen LogP contribution is -2.04. The molecule has 0 aliphatic rings. The number of nitrogens with zero attached hydrogens (tertiary/aromatic N) is 3. The smallest absolute Gasteiger partial charge is 0.180 e. The normalized spacial score (nSPS) is 10.5. The number of anilines is 1. The van der Waals surface area contributed by atoms with Crippen LogP contribution in [0.25, 0.3) is 11.5 Å². The molecule has 0 unspecified atom stereocenters. The van der Waals surface area contributed by atoms with Crippen LogP contribution in [0.5, 0.6) is 0 Å². The zero-order valence-electron chi connectivity index (χ0n) is 11.1. The van der Waals surface area contributed by atoms with Crippen LogP contribution >= 0.6 is 15.9 Å². The van der Waals surface area contributed by atoms with E-state index in [-0.39, 0.29) is 0 Å². The Labute approximate surface area is 120 Å². The summed E-state index contributed by atoms with van der Waals surface area (Å²) in [6.45, 7) is 2.41. The molecule has 0 fully saturated rings. The number of aromatic nitrogens is 3. The van der Waals surface area contributed by atoms with Crippen LogP contribution in [0.1, 0.15) is 11.3 Å². The summed E-state index contributed by atoms with van der Waals surface area (Å²) in [5, 5.41) is 3.03. The summed E-state index contributed by atoms with van der Waals surface area (Å²) in [7, 11) is 3.45. The molecule has 0 aromatic carbocycles. The second-order valence-electron chi connectivity index (χ2n) is 4.06. The fourth-order valence-corrected chi connectivity index (χ4v) is 2.10. The van der Waals surface area contributed by atoms with Crippen LogP contribution in [-0.2, 0) is 11.3 Å². The first-order valence-electron chi connectivity index (χ1n) is 5.82. The minimum Gasteiger partial charge on any atom is -0.378 e. The molecule has 100 valence electrons. The highest BCUT2D eigenvalue weighted by Gasteiger charge is 2.13. The van der Waals surface area contributed by atoms with Gasteiger partial charge in [0, 0.05) is 20.4 Å². The summed E-state index contributed by atoms with van der Waals surface area (Å²) >= 11 is 3.47. The van der Waals surface area contributed by atoms with Gasteiger partial charge in [-0.1, -0.05) is 6.07 Å². The summed E-state index contributed by atoms with van der Waals surface area (Å²) in [6.07, 6.45) is 1.80. The van der Waals surface area contributed by atoms with Crippen LogP contribution in [0, 0.1) is 6.92 Å². The van der Waals surface area contributed by atoms with E-state index < -0.39 is 0 Å². The van der Waals surface area contributed by atoms with Crippen molar-refractivity contribution < 1.29 is 4.74 Å². The van der Waals surface area contributed by atoms with E-state index in [1.807, 2.05) is 26.1 Å². The lowest BCUT2D eigenvalue weighted by Gasteiger charge is -2.10. The lowest BCUT2D eigenvalue weighted by molar-refractivity contribution is 0.181. The second kappa shape index (κ2) is 6.08. The molecule has 0 saturated carbocycles. The largest absolute Gasteiger partial charge is 0.378 e. The Balaban J connectivity index is 2.51. The average molecular weight is 323 g/mol. The van der Waals surface area contributed by atoms with Crippen molar-refractivity contribution in [1.82, 2.24) is 15.0 Å². The third kappa shape index (κ3) is 3.08. The van der Waals surface area contributed by atoms with Gasteiger partial charge in [-0.05, 0) is 34.5 Å². The van der Waals surface area contributed by atoms with Gasteiger partial charge >= 0.3 is 0 Å². The summed E-state index contributed by atoms with van der Waals surface area (Å²) in [6, 6.07) is 3.90. The molecule has 0 spiro atoms. The van der Waals surface area contributed by atoms with Crippen LogP contribution in [0.3, 0.4) is 0 Å². The van der Waals surface area contributed by atoms with Crippen LogP contribution in [0.2, 0.25) is 0 Å². The average Bonchev–Trinajstić information content (AvgIpc) is 2.42. The molecule has 5 nitrogen and oxygen atoms in total. The zero-order chi connectivity index (χ0) is 13.8. The Morgan fingerprint density at radius 3 is 2.68 bits per heavy atom. The number of hydrogen-bond donors (Lipinski definition) is 1. The number of pyridine rings is 1. The molecule has 0 radical (unpaired) electrons. The molecule has 0 saturated heterocycles. The number of methoxy groups -OCH3 is 1. The topological polar surface area (TPSA) is 59.9 Å². The number of rotatable bonds is 4. The molecule has 19 heavy (non-hydrogen) atoms. The van der Waals surface area contributed by atoms with E-state index in [2.05, 4.69) is 36.2 Å². The van der Waals surface area contributed by atoms with Gasteiger partial charge < -0.3 is 10.1 Å². The standard InChI is InChI=1S/C13H15BrN4O/c1-8-4-5-9(16-6-8)12-17-10(7-19-3)11(14)13(15-2)18-12/h4-6H,7H2,1-3H3,(H,15,17,18). The van der Waals surface area contributed by atoms with E-state index in [4.69, 9.17) is 4.74 Å². The maximum atomic E-state index is 5.15. The minimum atomic E-state index is 0.413. The van der Waals surface area contributed by atoms with Crippen LogP contribution in [-0.4, -0.2) is 29.1 Å². The quantitative estimate of drug-likeness (QED) is 0.937. The summed E-state index contributed by atoms with van der Waals surface area (Å²) in [5.41, 5.74) is 2.64. The number of ether oxygens (including phenoxy) is 1. The fraction of sp³-hybridized carbons (Fsp3) is 0.308. The maximum absolute atomic E-state index is 5.15. The first kappa shape index (κ1) is 13.9. The van der Waals surface area contributed by atoms with Gasteiger partial charge in [0.05, 0.1) is 16.8 Å². The monoisotopic (exact) mass is 322 g/mol. The lowest BCUT2D eigenvalue weighted by atomic mass is 10.2. The third-order valence-electron chi connectivity index (χ3n) is 2.58. The molecular formula is C13H15BrN4O. The zero-order valence-corrected chi connectivity index (χ0v) is 12.7. The van der Waals surface area contributed by atoms with Gasteiger partial charge in [-0.3, -0.25) is 4.98 Å². The van der Waals surface area contributed by atoms with Crippen molar-refractivity contribution in [3.8, 4) is 11.5 Å². The van der Waals surface area contributed by atoms with Crippen LogP contribution < -0.4 is 5.32 Å². The van der Waals surface area contributed by atoms with E-state index in [1.54, 1.807) is 13.3 Å². The molecule has 0 amide bonds. The van der Waals surface area contributed by atoms with Crippen molar-refractivity contribution in [2.24, 2.45) is 0 Å². The van der Waals surface area contributed by atoms with Crippen molar-refractivity contribution in [1.29, 1.82) is 0 Å². The molecule has 0 aliphatic heterocycles. The van der Waals surface area contributed by atoms with Crippen molar-refractivity contribution >= 4 is 21.7 Å². The Kier molecular flexibility index (Phi) is 4.44. The first-order chi connectivity index (χ1) is 9.15. The van der Waals surface area contributed by atoms with E-state index in [0.29, 0.717) is 12.4 Å². The molecule has 0 aliphatic carbocycles. The number of nitrogens with one attached hydrogen (secondary N) is 1. The molecule has 2 aromatic rings. The van der Waals surface area contributed by atoms with Crippen LogP contribution in [0.15, 0.2) is 22.8 Å². The molecule has 2 aromatic heterocycles. The summed E-state index contributed by atoms with van der Waals surface area (Å²) in [4.78, 5) is 13.3. The molecule has 2 rings (SSSR count). The molecule has 1 N–H and O–H groups in total. The van der Waals surface area contributed by atoms with Gasteiger partial charge in [0.1, 0.15) is 11.5 Å². The highest BCUT2D eigenvalue weighted by atomic mass is 79.9. The van der Waals surface area contributed by atoms with Gasteiger partial charge in [0.15, 0.2) is 5.82 Å². The predicted molar refractivity (Wildman–Crippen MR) is 78.0 cm³/mol. The Morgan fingerprint density at radius 1 is 1.32 bits per heavy atom. The molecule has 6 heteroatoms. The van der Waals surface area contributed by atoms with E-state index in [9.17, 15) is 0 Å². The van der Waals surface area contributed by atoms with Crippen molar-refractivity contribution in [2.45, 2.75) is 13.5 Å². The summed E-state index contributed by atoms with van der Waals surface area (Å²) < 4.78 is 5.96. The van der Waals surface area contributed by atoms with Gasteiger partial charge in [0.25, 0.3) is 0 Å². The van der Waals surface area contributed by atoms with E-state index >= 15 is 0 Å². The first-order valence-corrected chi connectivity index (χ1v) is 6.61. The molecule has 0 bridgehead atoms. The van der Waals surface area contributed by atoms with Gasteiger partial charge in [-0.15, -0.1) is 0 Å². The molecule has 2 heterocycles. The number of hydrogen-bond acceptors (Lipinski definition) is 5. The SMILES string of the molecule is CNc1nc(-c2ccc(C)cn2)nc(COC)c1Br. The minimum absolute atomic E-state index is 0.413. The number of halogens is 1. The molecular weight excluding hydrogens is 308 g/mol. The van der Waals surface area contributed by atoms with E-state index in [0.717, 1.165) is 27.2 Å². The van der Waals surface area contributed by atoms with Gasteiger partial charge in [-0.2, -0.15) is 0 Å². The Morgan fingerprint density at radius 2 is 2.11 bits per heavy atom. The van der Waals surface area contributed by atoms with Crippen molar-refractivity contribution in [2.75, 3.05) is 19.5 Å². The summed E-state index contributed by atoms with van der Waals surface area (Å²) in [5.74, 6) is 1.30. The Hall–Kier alpha value is -1.53. The highest BCUT2D eigenvalue weighted by Crippen LogP contribution is 2.26. The second-order valence-corrected chi connectivity index (χ2v) is 4.85. The maximum Gasteiger partial charge on any atom is 0.180 e. The van der Waals surface area contributed by atoms with Crippen LogP contribution in [0.4, 0.5) is 5.82 Å². The van der Waals surface area contributed by atoms with Crippen molar-refractivity contribution in [3.63, 3.8) is 0 Å². The van der Waals surface area contributed by atoms with Crippen molar-refractivity contribution in [3.05, 3.63) is 34.1 Å². The predicted octanol–water partition coefficient (Wildman–Crippen LogP) is 2.80. The number of aryl methyl sites for hydroxylation is 1. The van der Waals surface area contributed by atoms with Gasteiger partial charge in [-0.25, -0.2) is 9.97 Å². The van der Waals surface area contributed by atoms with E-state index in [1.165, 1.54) is 0 Å². The molecule has 0 atom stereocenters. The Bertz CT molecular complexity index is 572. The highest BCUT2D eigenvalue weighted by molar-refractivity contribution is 9.10. The third-order valence-corrected chi connectivity index (χ3v) is 3.41. The van der Waals surface area contributed by atoms with Gasteiger partial charge in [0.2, 0.25) is 0 Å².